The summed E-state index contributed by atoms with van der Waals surface area (Å²) in [6.07, 6.45) is 17.6. The molecule has 0 aliphatic carbocycles. The quantitative estimate of drug-likeness (QED) is 0.107. The number of rotatable bonds is 17. The second-order valence-corrected chi connectivity index (χ2v) is 10.7. The normalized spacial score (nSPS) is 12.1. The topological polar surface area (TPSA) is 24.7 Å². The molecule has 3 heteroatoms. The van der Waals surface area contributed by atoms with Crippen LogP contribution in [-0.2, 0) is 16.5 Å². The Kier molecular flexibility index (Phi) is 17.4. The van der Waals surface area contributed by atoms with Crippen molar-refractivity contribution in [2.24, 2.45) is 9.98 Å². The van der Waals surface area contributed by atoms with Crippen LogP contribution in [-0.4, -0.2) is 11.4 Å². The first kappa shape index (κ1) is 33.3. The summed E-state index contributed by atoms with van der Waals surface area (Å²) in [5, 5.41) is 0. The van der Waals surface area contributed by atoms with E-state index in [4.69, 9.17) is 9.98 Å². The van der Waals surface area contributed by atoms with E-state index in [-0.39, 0.29) is 16.5 Å². The molecule has 0 N–H and O–H groups in total. The van der Waals surface area contributed by atoms with Gasteiger partial charge in [-0.1, -0.05) is 90.2 Å². The van der Waals surface area contributed by atoms with Crippen molar-refractivity contribution < 1.29 is 16.5 Å². The Morgan fingerprint density at radius 1 is 0.486 bits per heavy atom. The summed E-state index contributed by atoms with van der Waals surface area (Å²) in [6.45, 7) is 13.3. The van der Waals surface area contributed by atoms with Crippen LogP contribution >= 0.6 is 0 Å². The zero-order valence-electron chi connectivity index (χ0n) is 24.6. The molecule has 0 aliphatic heterocycles. The summed E-state index contributed by atoms with van der Waals surface area (Å²) >= 11 is 0. The first-order valence-corrected chi connectivity index (χ1v) is 14.7. The van der Waals surface area contributed by atoms with Crippen LogP contribution in [0.3, 0.4) is 0 Å². The Balaban J connectivity index is 0.00000684. The number of aryl methyl sites for hydroxylation is 4. The molecule has 2 rings (SSSR count). The number of hydrogen-bond donors (Lipinski definition) is 0. The van der Waals surface area contributed by atoms with Gasteiger partial charge in [-0.3, -0.25) is 9.98 Å². The summed E-state index contributed by atoms with van der Waals surface area (Å²) in [5.41, 5.74) is 9.77. The molecule has 2 aromatic carbocycles. The van der Waals surface area contributed by atoms with Gasteiger partial charge in [-0.25, -0.2) is 0 Å². The van der Waals surface area contributed by atoms with Crippen molar-refractivity contribution in [3.63, 3.8) is 0 Å². The van der Waals surface area contributed by atoms with Crippen LogP contribution in [0.5, 0.6) is 0 Å². The maximum absolute atomic E-state index is 5.25. The van der Waals surface area contributed by atoms with E-state index in [0.29, 0.717) is 0 Å². The van der Waals surface area contributed by atoms with E-state index in [1.54, 1.807) is 0 Å². The molecule has 37 heavy (non-hydrogen) atoms. The van der Waals surface area contributed by atoms with E-state index >= 15 is 0 Å². The van der Waals surface area contributed by atoms with E-state index in [1.165, 1.54) is 111 Å². The van der Waals surface area contributed by atoms with Crippen LogP contribution in [0.4, 0.5) is 11.4 Å². The largest absolute Gasteiger partial charge is 0.252 e. The Hall–Kier alpha value is -1.73. The Labute approximate surface area is 238 Å². The molecule has 0 spiro atoms. The fourth-order valence-corrected chi connectivity index (χ4v) is 4.58. The number of hydrogen-bond acceptors (Lipinski definition) is 2. The van der Waals surface area contributed by atoms with Crippen molar-refractivity contribution in [3.8, 4) is 0 Å². The first-order chi connectivity index (χ1) is 17.4. The second-order valence-electron chi connectivity index (χ2n) is 10.7. The van der Waals surface area contributed by atoms with Gasteiger partial charge in [0.1, 0.15) is 0 Å². The van der Waals surface area contributed by atoms with Crippen molar-refractivity contribution in [2.45, 2.75) is 131 Å². The molecule has 2 nitrogen and oxygen atoms in total. The molecule has 0 fully saturated rings. The molecule has 0 atom stereocenters. The summed E-state index contributed by atoms with van der Waals surface area (Å²) in [4.78, 5) is 10.5. The van der Waals surface area contributed by atoms with Crippen LogP contribution in [0.2, 0.25) is 0 Å². The minimum atomic E-state index is 0. The molecule has 0 radical (unpaired) electrons. The number of aliphatic imine (C=N–C) groups is 2. The minimum Gasteiger partial charge on any atom is -0.252 e. The van der Waals surface area contributed by atoms with E-state index in [1.807, 2.05) is 0 Å². The summed E-state index contributed by atoms with van der Waals surface area (Å²) in [7, 11) is 0. The van der Waals surface area contributed by atoms with Crippen LogP contribution in [0.25, 0.3) is 0 Å². The predicted octanol–water partition coefficient (Wildman–Crippen LogP) is 11.3. The van der Waals surface area contributed by atoms with Gasteiger partial charge in [0.05, 0.1) is 22.8 Å². The number of unbranched alkanes of at least 4 members (excludes halogenated alkanes) is 10. The van der Waals surface area contributed by atoms with E-state index in [2.05, 4.69) is 77.9 Å². The van der Waals surface area contributed by atoms with E-state index < -0.39 is 0 Å². The van der Waals surface area contributed by atoms with Gasteiger partial charge in [0.2, 0.25) is 0 Å². The molecule has 0 bridgehead atoms. The maximum Gasteiger partial charge on any atom is 0.0636 e. The smallest absolute Gasteiger partial charge is 0.0636 e. The van der Waals surface area contributed by atoms with Crippen molar-refractivity contribution in [1.82, 2.24) is 0 Å². The van der Waals surface area contributed by atoms with Crippen molar-refractivity contribution in [2.75, 3.05) is 0 Å². The van der Waals surface area contributed by atoms with Gasteiger partial charge < -0.3 is 0 Å². The molecule has 0 saturated heterocycles. The first-order valence-electron chi connectivity index (χ1n) is 14.7. The third kappa shape index (κ3) is 13.1. The average molecular weight is 547 g/mol. The standard InChI is InChI=1S/C34H52N2.Ni/c1-7-9-11-13-15-17-19-33(35-31-23-21-27(3)29(5)25-31)34(20-18-16-14-12-10-8-2)36-32-24-22-28(4)30(6)26-32;/h21-26H,7-20H2,1-6H3;. The monoisotopic (exact) mass is 546 g/mol. The summed E-state index contributed by atoms with van der Waals surface area (Å²) in [6, 6.07) is 13.2. The molecular weight excluding hydrogens is 495 g/mol. The van der Waals surface area contributed by atoms with Gasteiger partial charge in [-0.05, 0) is 99.9 Å². The molecule has 0 unspecified atom stereocenters. The fraction of sp³-hybridized carbons (Fsp3) is 0.588. The average Bonchev–Trinajstić information content (AvgIpc) is 2.86. The van der Waals surface area contributed by atoms with Gasteiger partial charge in [0.15, 0.2) is 0 Å². The fourth-order valence-electron chi connectivity index (χ4n) is 4.58. The molecule has 0 amide bonds. The molecule has 0 aliphatic rings. The van der Waals surface area contributed by atoms with Crippen LogP contribution in [0.1, 0.15) is 126 Å². The van der Waals surface area contributed by atoms with E-state index in [9.17, 15) is 0 Å². The van der Waals surface area contributed by atoms with Crippen LogP contribution in [0.15, 0.2) is 46.4 Å². The third-order valence-corrected chi connectivity index (χ3v) is 7.38. The van der Waals surface area contributed by atoms with Crippen molar-refractivity contribution in [3.05, 3.63) is 58.7 Å². The zero-order valence-corrected chi connectivity index (χ0v) is 25.6. The zero-order chi connectivity index (χ0) is 26.2. The molecule has 0 heterocycles. The maximum atomic E-state index is 5.25. The van der Waals surface area contributed by atoms with Gasteiger partial charge >= 0.3 is 0 Å². The van der Waals surface area contributed by atoms with E-state index in [0.717, 1.165) is 24.2 Å². The molecular formula is C34H52N2Ni. The Bertz CT molecular complexity index is 894. The van der Waals surface area contributed by atoms with Crippen molar-refractivity contribution in [1.29, 1.82) is 0 Å². The molecule has 0 aromatic heterocycles. The second kappa shape index (κ2) is 19.4. The van der Waals surface area contributed by atoms with Gasteiger partial charge in [-0.2, -0.15) is 0 Å². The van der Waals surface area contributed by atoms with Gasteiger partial charge in [-0.15, -0.1) is 0 Å². The summed E-state index contributed by atoms with van der Waals surface area (Å²) in [5.74, 6) is 0. The summed E-state index contributed by atoms with van der Waals surface area (Å²) < 4.78 is 0. The SMILES string of the molecule is CCCCCCCCC(=Nc1ccc(C)c(C)c1)C(CCCCCCCC)=Nc1ccc(C)c(C)c1.[Ni]. The van der Waals surface area contributed by atoms with Crippen LogP contribution < -0.4 is 0 Å². The van der Waals surface area contributed by atoms with Gasteiger partial charge in [0, 0.05) is 16.5 Å². The molecule has 2 aromatic rings. The number of nitrogens with zero attached hydrogens (tertiary/aromatic N) is 2. The van der Waals surface area contributed by atoms with Crippen molar-refractivity contribution >= 4 is 22.8 Å². The Morgan fingerprint density at radius 3 is 1.19 bits per heavy atom. The Morgan fingerprint density at radius 2 is 0.838 bits per heavy atom. The number of benzene rings is 2. The van der Waals surface area contributed by atoms with Crippen LogP contribution in [0, 0.1) is 27.7 Å². The minimum absolute atomic E-state index is 0. The predicted molar refractivity (Wildman–Crippen MR) is 162 cm³/mol. The molecule has 208 valence electrons. The third-order valence-electron chi connectivity index (χ3n) is 7.38. The van der Waals surface area contributed by atoms with Gasteiger partial charge in [0.25, 0.3) is 0 Å². The molecule has 0 saturated carbocycles.